The monoisotopic (exact) mass is 252 g/mol. The number of rotatable bonds is 1. The molecule has 1 atom stereocenters. The first kappa shape index (κ1) is 11.6. The van der Waals surface area contributed by atoms with E-state index in [0.29, 0.717) is 6.04 Å². The summed E-state index contributed by atoms with van der Waals surface area (Å²) in [5, 5.41) is 5.80. The van der Waals surface area contributed by atoms with Crippen LogP contribution in [0.4, 0.5) is 0 Å². The third-order valence-electron chi connectivity index (χ3n) is 4.27. The molecule has 17 heavy (non-hydrogen) atoms. The third kappa shape index (κ3) is 2.14. The molecule has 1 aromatic heterocycles. The molecule has 0 bridgehead atoms. The van der Waals surface area contributed by atoms with E-state index in [1.54, 1.807) is 0 Å². The van der Waals surface area contributed by atoms with Gasteiger partial charge in [0.2, 0.25) is 0 Å². The van der Waals surface area contributed by atoms with Gasteiger partial charge < -0.3 is 10.1 Å². The molecule has 1 aromatic rings. The fourth-order valence-corrected chi connectivity index (χ4v) is 3.75. The lowest BCUT2D eigenvalue weighted by Crippen LogP contribution is -2.53. The van der Waals surface area contributed by atoms with Gasteiger partial charge in [0.1, 0.15) is 0 Å². The molecule has 1 saturated heterocycles. The second kappa shape index (κ2) is 4.67. The Morgan fingerprint density at radius 1 is 1.47 bits per heavy atom. The molecule has 3 nitrogen and oxygen atoms in total. The van der Waals surface area contributed by atoms with E-state index >= 15 is 0 Å². The van der Waals surface area contributed by atoms with Gasteiger partial charge in [0.25, 0.3) is 0 Å². The van der Waals surface area contributed by atoms with Crippen molar-refractivity contribution in [1.82, 2.24) is 9.69 Å². The van der Waals surface area contributed by atoms with Gasteiger partial charge in [-0.15, -0.1) is 0 Å². The lowest BCUT2D eigenvalue weighted by atomic mass is 9.73. The van der Waals surface area contributed by atoms with Crippen LogP contribution in [0.15, 0.2) is 11.6 Å². The number of morpholine rings is 1. The Morgan fingerprint density at radius 2 is 2.29 bits per heavy atom. The van der Waals surface area contributed by atoms with Crippen LogP contribution in [0, 0.1) is 5.92 Å². The van der Waals surface area contributed by atoms with Gasteiger partial charge in [0.15, 0.2) is 0 Å². The number of nitrogens with one attached hydrogen (secondary N) is 1. The maximum absolute atomic E-state index is 6.21. The normalized spacial score (nSPS) is 38.4. The van der Waals surface area contributed by atoms with Gasteiger partial charge in [-0.25, -0.2) is 4.37 Å². The summed E-state index contributed by atoms with van der Waals surface area (Å²) < 4.78 is 10.4. The molecule has 4 heteroatoms. The van der Waals surface area contributed by atoms with Crippen LogP contribution in [0.3, 0.4) is 0 Å². The summed E-state index contributed by atoms with van der Waals surface area (Å²) in [7, 11) is 0. The summed E-state index contributed by atoms with van der Waals surface area (Å²) in [6.07, 6.45) is 6.94. The largest absolute Gasteiger partial charge is 0.372 e. The minimum atomic E-state index is 0.0352. The van der Waals surface area contributed by atoms with Crippen LogP contribution in [-0.2, 0) is 4.74 Å². The molecule has 1 saturated carbocycles. The van der Waals surface area contributed by atoms with Gasteiger partial charge in [-0.05, 0) is 43.1 Å². The van der Waals surface area contributed by atoms with Gasteiger partial charge >= 0.3 is 0 Å². The predicted molar refractivity (Wildman–Crippen MR) is 69.2 cm³/mol. The smallest absolute Gasteiger partial charge is 0.0878 e. The van der Waals surface area contributed by atoms with E-state index in [1.807, 2.05) is 6.20 Å². The zero-order chi connectivity index (χ0) is 11.7. The number of aromatic nitrogens is 1. The van der Waals surface area contributed by atoms with E-state index in [2.05, 4.69) is 22.0 Å². The molecule has 0 aromatic carbocycles. The maximum atomic E-state index is 6.21. The van der Waals surface area contributed by atoms with E-state index in [1.165, 1.54) is 42.8 Å². The highest BCUT2D eigenvalue weighted by Crippen LogP contribution is 2.44. The fraction of sp³-hybridized carbons (Fsp3) is 0.769. The van der Waals surface area contributed by atoms with Crippen molar-refractivity contribution in [2.45, 2.75) is 44.2 Å². The summed E-state index contributed by atoms with van der Waals surface area (Å²) in [6, 6.07) is 0.350. The van der Waals surface area contributed by atoms with Gasteiger partial charge in [-0.3, -0.25) is 0 Å². The van der Waals surface area contributed by atoms with Crippen LogP contribution in [0.25, 0.3) is 0 Å². The average Bonchev–Trinajstić information content (AvgIpc) is 2.87. The molecule has 1 aliphatic heterocycles. The van der Waals surface area contributed by atoms with Gasteiger partial charge in [-0.2, -0.15) is 0 Å². The summed E-state index contributed by atoms with van der Waals surface area (Å²) in [5.41, 5.74) is 1.34. The van der Waals surface area contributed by atoms with Crippen molar-refractivity contribution in [2.75, 3.05) is 13.2 Å². The van der Waals surface area contributed by atoms with Crippen molar-refractivity contribution in [2.24, 2.45) is 5.92 Å². The second-order valence-electron chi connectivity index (χ2n) is 5.44. The molecule has 2 aliphatic rings. The summed E-state index contributed by atoms with van der Waals surface area (Å²) >= 11 is 1.54. The SMILES string of the molecule is CC1CCC2(CC1)OCCNC2c1cnsc1. The molecule has 1 N–H and O–H groups in total. The Hall–Kier alpha value is -0.450. The molecule has 3 rings (SSSR count). The number of hydrogen-bond acceptors (Lipinski definition) is 4. The Bertz CT molecular complexity index is 358. The quantitative estimate of drug-likeness (QED) is 0.834. The van der Waals surface area contributed by atoms with E-state index in [0.717, 1.165) is 19.1 Å². The first-order valence-electron chi connectivity index (χ1n) is 6.57. The Balaban J connectivity index is 1.84. The highest BCUT2D eigenvalue weighted by Gasteiger charge is 2.44. The summed E-state index contributed by atoms with van der Waals surface area (Å²) in [4.78, 5) is 0. The van der Waals surface area contributed by atoms with Crippen molar-refractivity contribution in [3.63, 3.8) is 0 Å². The molecule has 1 unspecified atom stereocenters. The van der Waals surface area contributed by atoms with E-state index in [-0.39, 0.29) is 5.60 Å². The topological polar surface area (TPSA) is 34.1 Å². The Labute approximate surface area is 107 Å². The van der Waals surface area contributed by atoms with Crippen LogP contribution in [0.5, 0.6) is 0 Å². The molecular weight excluding hydrogens is 232 g/mol. The van der Waals surface area contributed by atoms with Gasteiger partial charge in [0.05, 0.1) is 18.2 Å². The highest BCUT2D eigenvalue weighted by molar-refractivity contribution is 7.03. The third-order valence-corrected chi connectivity index (χ3v) is 4.88. The maximum Gasteiger partial charge on any atom is 0.0878 e. The first-order chi connectivity index (χ1) is 8.30. The zero-order valence-electron chi connectivity index (χ0n) is 10.3. The first-order valence-corrected chi connectivity index (χ1v) is 7.40. The molecule has 1 aliphatic carbocycles. The van der Waals surface area contributed by atoms with E-state index in [9.17, 15) is 0 Å². The van der Waals surface area contributed by atoms with Crippen molar-refractivity contribution < 1.29 is 4.74 Å². The Morgan fingerprint density at radius 3 is 3.00 bits per heavy atom. The molecule has 2 fully saturated rings. The van der Waals surface area contributed by atoms with Crippen molar-refractivity contribution in [3.8, 4) is 0 Å². The van der Waals surface area contributed by atoms with Crippen LogP contribution in [-0.4, -0.2) is 23.1 Å². The van der Waals surface area contributed by atoms with E-state index < -0.39 is 0 Å². The summed E-state index contributed by atoms with van der Waals surface area (Å²) in [5.74, 6) is 0.854. The number of ether oxygens (including phenoxy) is 1. The molecule has 94 valence electrons. The van der Waals surface area contributed by atoms with Crippen molar-refractivity contribution >= 4 is 11.5 Å². The number of hydrogen-bond donors (Lipinski definition) is 1. The predicted octanol–water partition coefficient (Wildman–Crippen LogP) is 2.75. The molecule has 1 spiro atoms. The molecule has 0 radical (unpaired) electrons. The zero-order valence-corrected chi connectivity index (χ0v) is 11.1. The lowest BCUT2D eigenvalue weighted by Gasteiger charge is -2.47. The minimum Gasteiger partial charge on any atom is -0.372 e. The van der Waals surface area contributed by atoms with Crippen molar-refractivity contribution in [3.05, 3.63) is 17.1 Å². The number of nitrogens with zero attached hydrogens (tertiary/aromatic N) is 1. The highest BCUT2D eigenvalue weighted by atomic mass is 32.1. The molecule has 2 heterocycles. The standard InChI is InChI=1S/C13H20N2OS/c1-10-2-4-13(5-3-10)12(14-6-7-16-13)11-8-15-17-9-11/h8-10,12,14H,2-7H2,1H3. The minimum absolute atomic E-state index is 0.0352. The molecular formula is C13H20N2OS. The van der Waals surface area contributed by atoms with Crippen LogP contribution in [0.1, 0.15) is 44.2 Å². The lowest BCUT2D eigenvalue weighted by molar-refractivity contribution is -0.124. The molecule has 0 amide bonds. The average molecular weight is 252 g/mol. The Kier molecular flexibility index (Phi) is 3.19. The van der Waals surface area contributed by atoms with Gasteiger partial charge in [0, 0.05) is 23.7 Å². The van der Waals surface area contributed by atoms with E-state index in [4.69, 9.17) is 4.74 Å². The summed E-state index contributed by atoms with van der Waals surface area (Å²) in [6.45, 7) is 4.16. The van der Waals surface area contributed by atoms with Gasteiger partial charge in [-0.1, -0.05) is 6.92 Å². The van der Waals surface area contributed by atoms with Crippen LogP contribution in [0.2, 0.25) is 0 Å². The van der Waals surface area contributed by atoms with Crippen LogP contribution < -0.4 is 5.32 Å². The fourth-order valence-electron chi connectivity index (χ4n) is 3.19. The second-order valence-corrected chi connectivity index (χ2v) is 6.10. The van der Waals surface area contributed by atoms with Crippen LogP contribution >= 0.6 is 11.5 Å². The van der Waals surface area contributed by atoms with Crippen molar-refractivity contribution in [1.29, 1.82) is 0 Å².